The van der Waals surface area contributed by atoms with Gasteiger partial charge in [0, 0.05) is 13.7 Å². The molecule has 3 N–H and O–H groups in total. The summed E-state index contributed by atoms with van der Waals surface area (Å²) >= 11 is 0. The van der Waals surface area contributed by atoms with Crippen LogP contribution in [0.3, 0.4) is 0 Å². The zero-order valence-electron chi connectivity index (χ0n) is 9.06. The zero-order chi connectivity index (χ0) is 12.0. The second-order valence-electron chi connectivity index (χ2n) is 3.48. The second kappa shape index (κ2) is 6.29. The minimum absolute atomic E-state index is 0.00539. The lowest BCUT2D eigenvalue weighted by Crippen LogP contribution is -2.46. The van der Waals surface area contributed by atoms with Crippen LogP contribution in [0.4, 0.5) is 4.79 Å². The van der Waals surface area contributed by atoms with Crippen LogP contribution in [-0.4, -0.2) is 56.1 Å². The van der Waals surface area contributed by atoms with Crippen molar-refractivity contribution in [1.82, 2.24) is 10.6 Å². The maximum absolute atomic E-state index is 11.3. The average Bonchev–Trinajstić information content (AvgIpc) is 2.70. The molecule has 0 aromatic carbocycles. The fourth-order valence-corrected chi connectivity index (χ4v) is 1.34. The van der Waals surface area contributed by atoms with E-state index in [4.69, 9.17) is 9.84 Å². The first-order chi connectivity index (χ1) is 7.63. The molecule has 1 aliphatic rings. The minimum atomic E-state index is -1.10. The first-order valence-corrected chi connectivity index (χ1v) is 5.01. The van der Waals surface area contributed by atoms with Crippen LogP contribution in [-0.2, 0) is 14.3 Å². The molecular formula is C9H16N2O5. The molecule has 0 saturated carbocycles. The number of rotatable bonds is 5. The Bertz CT molecular complexity index is 252. The summed E-state index contributed by atoms with van der Waals surface area (Å²) in [6.45, 7) is 1.08. The molecule has 1 saturated heterocycles. The molecule has 0 aromatic rings. The van der Waals surface area contributed by atoms with Gasteiger partial charge in [0.25, 0.3) is 0 Å². The summed E-state index contributed by atoms with van der Waals surface area (Å²) in [5, 5.41) is 13.8. The molecule has 0 aromatic heterocycles. The highest BCUT2D eigenvalue weighted by molar-refractivity contribution is 5.77. The number of carboxylic acid groups (broad SMARTS) is 1. The van der Waals surface area contributed by atoms with E-state index in [1.807, 2.05) is 0 Å². The van der Waals surface area contributed by atoms with E-state index >= 15 is 0 Å². The van der Waals surface area contributed by atoms with Crippen molar-refractivity contribution in [3.8, 4) is 0 Å². The number of methoxy groups -OCH3 is 1. The van der Waals surface area contributed by atoms with Crippen molar-refractivity contribution in [2.24, 2.45) is 0 Å². The molecule has 2 amide bonds. The number of amides is 2. The predicted molar refractivity (Wildman–Crippen MR) is 54.2 cm³/mol. The predicted octanol–water partition coefficient (Wildman–Crippen LogP) is -0.826. The lowest BCUT2D eigenvalue weighted by Gasteiger charge is -2.14. The zero-order valence-corrected chi connectivity index (χ0v) is 9.06. The van der Waals surface area contributed by atoms with E-state index in [0.29, 0.717) is 13.2 Å². The number of hydrogen-bond donors (Lipinski definition) is 3. The van der Waals surface area contributed by atoms with Gasteiger partial charge in [0.2, 0.25) is 0 Å². The second-order valence-corrected chi connectivity index (χ2v) is 3.48. The lowest BCUT2D eigenvalue weighted by atomic mass is 10.3. The summed E-state index contributed by atoms with van der Waals surface area (Å²) in [4.78, 5) is 21.9. The maximum Gasteiger partial charge on any atom is 0.334 e. The fourth-order valence-electron chi connectivity index (χ4n) is 1.34. The van der Waals surface area contributed by atoms with Gasteiger partial charge in [-0.1, -0.05) is 0 Å². The third kappa shape index (κ3) is 4.03. The Morgan fingerprint density at radius 1 is 1.62 bits per heavy atom. The highest BCUT2D eigenvalue weighted by atomic mass is 16.5. The molecule has 2 unspecified atom stereocenters. The molecule has 92 valence electrons. The average molecular weight is 232 g/mol. The molecule has 1 heterocycles. The van der Waals surface area contributed by atoms with Crippen molar-refractivity contribution < 1.29 is 24.2 Å². The van der Waals surface area contributed by atoms with Gasteiger partial charge in [0.15, 0.2) is 6.10 Å². The smallest absolute Gasteiger partial charge is 0.334 e. The monoisotopic (exact) mass is 232 g/mol. The Labute approximate surface area is 93.1 Å². The number of hydrogen-bond acceptors (Lipinski definition) is 4. The first-order valence-electron chi connectivity index (χ1n) is 5.01. The topological polar surface area (TPSA) is 96.9 Å². The van der Waals surface area contributed by atoms with Crippen LogP contribution in [0, 0.1) is 0 Å². The summed E-state index contributed by atoms with van der Waals surface area (Å²) < 4.78 is 9.75. The Balaban J connectivity index is 2.20. The summed E-state index contributed by atoms with van der Waals surface area (Å²) in [5.41, 5.74) is 0. The van der Waals surface area contributed by atoms with Gasteiger partial charge >= 0.3 is 12.0 Å². The van der Waals surface area contributed by atoms with Crippen LogP contribution in [0.25, 0.3) is 0 Å². The number of urea groups is 1. The number of carbonyl (C=O) groups excluding carboxylic acids is 1. The molecule has 7 nitrogen and oxygen atoms in total. The maximum atomic E-state index is 11.3. The van der Waals surface area contributed by atoms with E-state index < -0.39 is 18.1 Å². The molecule has 7 heteroatoms. The molecule has 0 bridgehead atoms. The van der Waals surface area contributed by atoms with Gasteiger partial charge in [-0.05, 0) is 6.42 Å². The Morgan fingerprint density at radius 3 is 2.88 bits per heavy atom. The van der Waals surface area contributed by atoms with E-state index in [1.54, 1.807) is 0 Å². The third-order valence-corrected chi connectivity index (χ3v) is 2.27. The van der Waals surface area contributed by atoms with Gasteiger partial charge in [-0.2, -0.15) is 0 Å². The van der Waals surface area contributed by atoms with Crippen LogP contribution in [0.2, 0.25) is 0 Å². The summed E-state index contributed by atoms with van der Waals surface area (Å²) in [6.07, 6.45) is -0.245. The first kappa shape index (κ1) is 12.7. The van der Waals surface area contributed by atoms with Crippen molar-refractivity contribution >= 4 is 12.0 Å². The van der Waals surface area contributed by atoms with Crippen LogP contribution < -0.4 is 10.6 Å². The highest BCUT2D eigenvalue weighted by Crippen LogP contribution is 2.02. The van der Waals surface area contributed by atoms with Crippen LogP contribution in [0.5, 0.6) is 0 Å². The molecule has 0 radical (unpaired) electrons. The van der Waals surface area contributed by atoms with E-state index in [-0.39, 0.29) is 12.6 Å². The van der Waals surface area contributed by atoms with Crippen LogP contribution >= 0.6 is 0 Å². The van der Waals surface area contributed by atoms with Crippen molar-refractivity contribution in [3.05, 3.63) is 0 Å². The largest absolute Gasteiger partial charge is 0.479 e. The molecule has 1 aliphatic heterocycles. The van der Waals surface area contributed by atoms with Crippen molar-refractivity contribution in [1.29, 1.82) is 0 Å². The van der Waals surface area contributed by atoms with E-state index in [1.165, 1.54) is 7.11 Å². The minimum Gasteiger partial charge on any atom is -0.479 e. The van der Waals surface area contributed by atoms with Gasteiger partial charge in [-0.15, -0.1) is 0 Å². The fraction of sp³-hybridized carbons (Fsp3) is 0.778. The lowest BCUT2D eigenvalue weighted by molar-refractivity contribution is -0.147. The van der Waals surface area contributed by atoms with Crippen molar-refractivity contribution in [2.45, 2.75) is 18.6 Å². The molecule has 2 atom stereocenters. The van der Waals surface area contributed by atoms with Gasteiger partial charge < -0.3 is 25.2 Å². The van der Waals surface area contributed by atoms with Crippen LogP contribution in [0.1, 0.15) is 6.42 Å². The molecular weight excluding hydrogens is 216 g/mol. The van der Waals surface area contributed by atoms with Gasteiger partial charge in [0.1, 0.15) is 0 Å². The number of carbonyl (C=O) groups is 2. The number of carboxylic acids is 1. The Morgan fingerprint density at radius 2 is 2.38 bits per heavy atom. The summed E-state index contributed by atoms with van der Waals surface area (Å²) in [5.74, 6) is -1.10. The van der Waals surface area contributed by atoms with Gasteiger partial charge in [-0.3, -0.25) is 0 Å². The standard InChI is InChI=1S/C9H16N2O5/c1-15-7(8(12)13)4-10-9(14)11-6-2-3-16-5-6/h6-7H,2-5H2,1H3,(H,12,13)(H2,10,11,14). The van der Waals surface area contributed by atoms with Gasteiger partial charge in [-0.25, -0.2) is 9.59 Å². The van der Waals surface area contributed by atoms with Crippen LogP contribution in [0.15, 0.2) is 0 Å². The van der Waals surface area contributed by atoms with E-state index in [2.05, 4.69) is 15.4 Å². The normalized spacial score (nSPS) is 21.4. The SMILES string of the molecule is COC(CNC(=O)NC1CCOC1)C(=O)O. The Hall–Kier alpha value is -1.34. The van der Waals surface area contributed by atoms with E-state index in [9.17, 15) is 9.59 Å². The molecule has 0 spiro atoms. The number of aliphatic carboxylic acids is 1. The summed E-state index contributed by atoms with van der Waals surface area (Å²) in [7, 11) is 1.28. The quantitative estimate of drug-likeness (QED) is 0.575. The molecule has 16 heavy (non-hydrogen) atoms. The number of nitrogens with one attached hydrogen (secondary N) is 2. The molecule has 1 rings (SSSR count). The highest BCUT2D eigenvalue weighted by Gasteiger charge is 2.20. The molecule has 1 fully saturated rings. The van der Waals surface area contributed by atoms with E-state index in [0.717, 1.165) is 6.42 Å². The van der Waals surface area contributed by atoms with Crippen molar-refractivity contribution in [3.63, 3.8) is 0 Å². The number of ether oxygens (including phenoxy) is 2. The molecule has 0 aliphatic carbocycles. The summed E-state index contributed by atoms with van der Waals surface area (Å²) in [6, 6.07) is -0.398. The van der Waals surface area contributed by atoms with Crippen molar-refractivity contribution in [2.75, 3.05) is 26.9 Å². The van der Waals surface area contributed by atoms with Gasteiger partial charge in [0.05, 0.1) is 19.2 Å². The third-order valence-electron chi connectivity index (χ3n) is 2.27. The Kier molecular flexibility index (Phi) is 5.00.